The lowest BCUT2D eigenvalue weighted by Gasteiger charge is -2.31. The molecule has 0 aliphatic heterocycles. The van der Waals surface area contributed by atoms with Gasteiger partial charge in [-0.3, -0.25) is 0 Å². The van der Waals surface area contributed by atoms with Gasteiger partial charge in [-0.1, -0.05) is 5.70 Å². The van der Waals surface area contributed by atoms with E-state index in [-0.39, 0.29) is 0 Å². The first-order chi connectivity index (χ1) is 5.83. The van der Waals surface area contributed by atoms with Crippen molar-refractivity contribution in [3.05, 3.63) is 12.3 Å². The molecule has 0 aromatic carbocycles. The predicted molar refractivity (Wildman–Crippen MR) is 64.7 cm³/mol. The molecule has 78 valence electrons. The summed E-state index contributed by atoms with van der Waals surface area (Å²) in [6.07, 6.45) is 1.08. The smallest absolute Gasteiger partial charge is 0.197 e. The van der Waals surface area contributed by atoms with Crippen molar-refractivity contribution in [3.63, 3.8) is 0 Å². The highest BCUT2D eigenvalue weighted by molar-refractivity contribution is 6.87. The molecule has 0 rings (SSSR count). The third-order valence-electron chi connectivity index (χ3n) is 2.01. The summed E-state index contributed by atoms with van der Waals surface area (Å²) in [4.78, 5) is 0. The normalized spacial score (nSPS) is 13.0. The van der Waals surface area contributed by atoms with E-state index in [1.165, 1.54) is 0 Å². The van der Waals surface area contributed by atoms with Gasteiger partial charge in [0.25, 0.3) is 0 Å². The SMILES string of the molecule is C=C[Si](C)(C)O[Si](C)(C)CCCN. The topological polar surface area (TPSA) is 35.2 Å². The lowest BCUT2D eigenvalue weighted by molar-refractivity contribution is 0.550. The molecular formula is C9H23NOSi2. The van der Waals surface area contributed by atoms with E-state index in [2.05, 4.69) is 32.8 Å². The Morgan fingerprint density at radius 2 is 1.85 bits per heavy atom. The van der Waals surface area contributed by atoms with Crippen LogP contribution in [0.25, 0.3) is 0 Å². The molecule has 0 unspecified atom stereocenters. The van der Waals surface area contributed by atoms with Crippen LogP contribution in [0.5, 0.6) is 0 Å². The van der Waals surface area contributed by atoms with Crippen LogP contribution in [0.1, 0.15) is 6.42 Å². The quantitative estimate of drug-likeness (QED) is 0.694. The summed E-state index contributed by atoms with van der Waals surface area (Å²) in [5, 5.41) is 0. The maximum Gasteiger partial charge on any atom is 0.197 e. The standard InChI is InChI=1S/C9H23NOSi2/c1-6-12(2,3)11-13(4,5)9-7-8-10/h6H,1,7-10H2,2-5H3. The molecule has 0 fully saturated rings. The van der Waals surface area contributed by atoms with Crippen molar-refractivity contribution in [3.8, 4) is 0 Å². The Bertz CT molecular complexity index is 169. The van der Waals surface area contributed by atoms with E-state index < -0.39 is 16.6 Å². The minimum absolute atomic E-state index is 0.774. The fraction of sp³-hybridized carbons (Fsp3) is 0.778. The number of nitrogens with two attached hydrogens (primary N) is 1. The van der Waals surface area contributed by atoms with E-state index in [1.54, 1.807) is 0 Å². The molecule has 0 aliphatic carbocycles. The average molecular weight is 217 g/mol. The van der Waals surface area contributed by atoms with Gasteiger partial charge in [-0.25, -0.2) is 0 Å². The van der Waals surface area contributed by atoms with Crippen molar-refractivity contribution in [2.45, 2.75) is 38.7 Å². The molecule has 0 radical (unpaired) electrons. The molecule has 0 atom stereocenters. The summed E-state index contributed by atoms with van der Waals surface area (Å²) in [6.45, 7) is 13.5. The van der Waals surface area contributed by atoms with Crippen LogP contribution in [0.15, 0.2) is 12.3 Å². The Labute approximate surface area is 84.4 Å². The zero-order valence-electron chi connectivity index (χ0n) is 9.39. The van der Waals surface area contributed by atoms with E-state index in [0.29, 0.717) is 0 Å². The molecule has 0 spiro atoms. The molecule has 2 nitrogen and oxygen atoms in total. The van der Waals surface area contributed by atoms with Crippen LogP contribution in [0.4, 0.5) is 0 Å². The number of rotatable bonds is 6. The summed E-state index contributed by atoms with van der Waals surface area (Å²) in [5.74, 6) is 0. The Hall–Kier alpha value is 0.0938. The van der Waals surface area contributed by atoms with Crippen LogP contribution in [0, 0.1) is 0 Å². The third kappa shape index (κ3) is 6.20. The Morgan fingerprint density at radius 3 is 2.23 bits per heavy atom. The molecule has 0 saturated carbocycles. The van der Waals surface area contributed by atoms with Crippen LogP contribution in [-0.2, 0) is 4.12 Å². The minimum atomic E-state index is -1.58. The third-order valence-corrected chi connectivity index (χ3v) is 8.87. The molecule has 0 bridgehead atoms. The molecule has 0 heterocycles. The number of hydrogen-bond donors (Lipinski definition) is 1. The maximum absolute atomic E-state index is 6.18. The lowest BCUT2D eigenvalue weighted by Crippen LogP contribution is -2.43. The van der Waals surface area contributed by atoms with Gasteiger partial charge in [0.2, 0.25) is 0 Å². The largest absolute Gasteiger partial charge is 0.453 e. The average Bonchev–Trinajstić information content (AvgIpc) is 1.99. The summed E-state index contributed by atoms with van der Waals surface area (Å²) < 4.78 is 6.18. The molecule has 0 aromatic rings. The van der Waals surface area contributed by atoms with Crippen LogP contribution in [-0.4, -0.2) is 23.2 Å². The van der Waals surface area contributed by atoms with Gasteiger partial charge in [0.1, 0.15) is 0 Å². The van der Waals surface area contributed by atoms with Crippen LogP contribution in [0.2, 0.25) is 32.2 Å². The molecule has 0 saturated heterocycles. The summed E-state index contributed by atoms with van der Waals surface area (Å²) in [5.41, 5.74) is 7.49. The second-order valence-corrected chi connectivity index (χ2v) is 13.0. The van der Waals surface area contributed by atoms with E-state index >= 15 is 0 Å². The van der Waals surface area contributed by atoms with Gasteiger partial charge in [-0.15, -0.1) is 6.58 Å². The van der Waals surface area contributed by atoms with Gasteiger partial charge in [0.05, 0.1) is 0 Å². The lowest BCUT2D eigenvalue weighted by atomic mass is 10.5. The van der Waals surface area contributed by atoms with Crippen molar-refractivity contribution in [1.29, 1.82) is 0 Å². The summed E-state index contributed by atoms with van der Waals surface area (Å²) in [7, 11) is -3.05. The van der Waals surface area contributed by atoms with Crippen molar-refractivity contribution < 1.29 is 4.12 Å². The van der Waals surface area contributed by atoms with Gasteiger partial charge >= 0.3 is 0 Å². The van der Waals surface area contributed by atoms with Crippen LogP contribution >= 0.6 is 0 Å². The number of hydrogen-bond acceptors (Lipinski definition) is 2. The highest BCUT2D eigenvalue weighted by Crippen LogP contribution is 2.19. The van der Waals surface area contributed by atoms with E-state index in [9.17, 15) is 0 Å². The van der Waals surface area contributed by atoms with Crippen LogP contribution in [0.3, 0.4) is 0 Å². The minimum Gasteiger partial charge on any atom is -0.453 e. The Balaban J connectivity index is 4.07. The first-order valence-corrected chi connectivity index (χ1v) is 11.0. The molecule has 0 aliphatic rings. The van der Waals surface area contributed by atoms with Crippen molar-refractivity contribution in [2.24, 2.45) is 5.73 Å². The Morgan fingerprint density at radius 1 is 1.31 bits per heavy atom. The van der Waals surface area contributed by atoms with Gasteiger partial charge < -0.3 is 9.85 Å². The molecule has 2 N–H and O–H groups in total. The molecule has 0 aromatic heterocycles. The van der Waals surface area contributed by atoms with Crippen LogP contribution < -0.4 is 5.73 Å². The second-order valence-electron chi connectivity index (χ2n) is 4.56. The zero-order valence-corrected chi connectivity index (χ0v) is 11.4. The van der Waals surface area contributed by atoms with E-state index in [4.69, 9.17) is 9.85 Å². The molecule has 4 heteroatoms. The fourth-order valence-electron chi connectivity index (χ4n) is 1.33. The second kappa shape index (κ2) is 5.09. The van der Waals surface area contributed by atoms with Gasteiger partial charge in [0, 0.05) is 0 Å². The van der Waals surface area contributed by atoms with E-state index in [0.717, 1.165) is 19.0 Å². The van der Waals surface area contributed by atoms with E-state index in [1.807, 2.05) is 5.70 Å². The van der Waals surface area contributed by atoms with Gasteiger partial charge in [-0.2, -0.15) is 0 Å². The maximum atomic E-state index is 6.18. The summed E-state index contributed by atoms with van der Waals surface area (Å²) >= 11 is 0. The highest BCUT2D eigenvalue weighted by atomic mass is 28.4. The predicted octanol–water partition coefficient (Wildman–Crippen LogP) is 2.49. The van der Waals surface area contributed by atoms with Gasteiger partial charge in [-0.05, 0) is 45.2 Å². The first kappa shape index (κ1) is 13.1. The summed E-state index contributed by atoms with van der Waals surface area (Å²) in [6, 6.07) is 1.16. The molecular weight excluding hydrogens is 194 g/mol. The van der Waals surface area contributed by atoms with Gasteiger partial charge in [0.15, 0.2) is 16.6 Å². The molecule has 0 amide bonds. The van der Waals surface area contributed by atoms with Crippen molar-refractivity contribution in [2.75, 3.05) is 6.54 Å². The molecule has 13 heavy (non-hydrogen) atoms. The van der Waals surface area contributed by atoms with Crippen molar-refractivity contribution >= 4 is 16.6 Å². The monoisotopic (exact) mass is 217 g/mol. The first-order valence-electron chi connectivity index (χ1n) is 4.87. The fourth-order valence-corrected chi connectivity index (χ4v) is 8.83. The Kier molecular flexibility index (Phi) is 5.13. The zero-order chi connectivity index (χ0) is 10.5. The highest BCUT2D eigenvalue weighted by Gasteiger charge is 2.29. The van der Waals surface area contributed by atoms with Crippen molar-refractivity contribution in [1.82, 2.24) is 0 Å².